The number of carbonyl (C=O) groups excluding carboxylic acids is 1. The van der Waals surface area contributed by atoms with E-state index < -0.39 is 5.25 Å². The maximum Gasteiger partial charge on any atom is 0.233 e. The predicted molar refractivity (Wildman–Crippen MR) is 107 cm³/mol. The van der Waals surface area contributed by atoms with Crippen molar-refractivity contribution in [3.63, 3.8) is 0 Å². The molecule has 1 N–H and O–H groups in total. The van der Waals surface area contributed by atoms with Crippen LogP contribution in [0.25, 0.3) is 5.69 Å². The first-order valence-electron chi connectivity index (χ1n) is 9.08. The SMILES string of the molecule is C[C@H](CCc1ccccc1)NC(=O)[C@H](C)Sc1nnnn1-c1cccc(F)c1. The molecule has 6 nitrogen and oxygen atoms in total. The summed E-state index contributed by atoms with van der Waals surface area (Å²) in [6, 6.07) is 16.2. The third-order valence-electron chi connectivity index (χ3n) is 4.24. The van der Waals surface area contributed by atoms with Crippen LogP contribution in [0.5, 0.6) is 0 Å². The van der Waals surface area contributed by atoms with E-state index in [4.69, 9.17) is 0 Å². The van der Waals surface area contributed by atoms with Crippen molar-refractivity contribution >= 4 is 17.7 Å². The fourth-order valence-corrected chi connectivity index (χ4v) is 3.51. The standard InChI is InChI=1S/C20H22FN5OS/c1-14(11-12-16-7-4-3-5-8-16)22-19(27)15(2)28-20-23-24-25-26(20)18-10-6-9-17(21)13-18/h3-10,13-15H,11-12H2,1-2H3,(H,22,27)/t14-,15+/m1/s1. The molecule has 146 valence electrons. The van der Waals surface area contributed by atoms with E-state index in [-0.39, 0.29) is 17.8 Å². The molecule has 8 heteroatoms. The highest BCUT2D eigenvalue weighted by molar-refractivity contribution is 8.00. The highest BCUT2D eigenvalue weighted by Gasteiger charge is 2.20. The molecule has 1 heterocycles. The van der Waals surface area contributed by atoms with Crippen molar-refractivity contribution in [2.24, 2.45) is 0 Å². The van der Waals surface area contributed by atoms with Crippen LogP contribution in [0.2, 0.25) is 0 Å². The highest BCUT2D eigenvalue weighted by atomic mass is 32.2. The van der Waals surface area contributed by atoms with Gasteiger partial charge in [0.15, 0.2) is 0 Å². The Kier molecular flexibility index (Phi) is 6.76. The van der Waals surface area contributed by atoms with E-state index in [2.05, 4.69) is 33.0 Å². The van der Waals surface area contributed by atoms with Gasteiger partial charge in [-0.15, -0.1) is 5.10 Å². The number of aromatic nitrogens is 4. The zero-order chi connectivity index (χ0) is 19.9. The minimum absolute atomic E-state index is 0.0509. The summed E-state index contributed by atoms with van der Waals surface area (Å²) < 4.78 is 14.9. The van der Waals surface area contributed by atoms with E-state index in [1.165, 1.54) is 34.1 Å². The number of tetrazole rings is 1. The quantitative estimate of drug-likeness (QED) is 0.588. The van der Waals surface area contributed by atoms with Gasteiger partial charge in [-0.05, 0) is 60.9 Å². The van der Waals surface area contributed by atoms with Crippen molar-refractivity contribution in [1.29, 1.82) is 0 Å². The lowest BCUT2D eigenvalue weighted by molar-refractivity contribution is -0.120. The number of thioether (sulfide) groups is 1. The number of hydrogen-bond donors (Lipinski definition) is 1. The molecule has 0 spiro atoms. The van der Waals surface area contributed by atoms with E-state index in [0.717, 1.165) is 12.8 Å². The van der Waals surface area contributed by atoms with Crippen LogP contribution in [0, 0.1) is 5.82 Å². The molecule has 0 aliphatic carbocycles. The van der Waals surface area contributed by atoms with Crippen LogP contribution in [-0.2, 0) is 11.2 Å². The summed E-state index contributed by atoms with van der Waals surface area (Å²) in [6.07, 6.45) is 1.76. The molecule has 0 saturated carbocycles. The number of halogens is 1. The van der Waals surface area contributed by atoms with Gasteiger partial charge in [-0.2, -0.15) is 4.68 Å². The lowest BCUT2D eigenvalue weighted by Crippen LogP contribution is -2.38. The Bertz CT molecular complexity index is 918. The Labute approximate surface area is 167 Å². The van der Waals surface area contributed by atoms with E-state index in [1.807, 2.05) is 25.1 Å². The van der Waals surface area contributed by atoms with Crippen molar-refractivity contribution < 1.29 is 9.18 Å². The molecule has 3 rings (SSSR count). The Morgan fingerprint density at radius 3 is 2.71 bits per heavy atom. The van der Waals surface area contributed by atoms with Crippen molar-refractivity contribution in [1.82, 2.24) is 25.5 Å². The molecule has 0 bridgehead atoms. The van der Waals surface area contributed by atoms with Gasteiger partial charge < -0.3 is 5.32 Å². The van der Waals surface area contributed by atoms with Crippen molar-refractivity contribution in [3.05, 3.63) is 66.0 Å². The number of aryl methyl sites for hydroxylation is 1. The summed E-state index contributed by atoms with van der Waals surface area (Å²) in [6.45, 7) is 3.80. The third-order valence-corrected chi connectivity index (χ3v) is 5.28. The minimum atomic E-state index is -0.391. The molecular weight excluding hydrogens is 377 g/mol. The Morgan fingerprint density at radius 1 is 1.18 bits per heavy atom. The smallest absolute Gasteiger partial charge is 0.233 e. The van der Waals surface area contributed by atoms with Gasteiger partial charge in [0.2, 0.25) is 11.1 Å². The second kappa shape index (κ2) is 9.45. The second-order valence-electron chi connectivity index (χ2n) is 6.55. The fourth-order valence-electron chi connectivity index (χ4n) is 2.69. The molecule has 1 amide bonds. The molecule has 3 aromatic rings. The van der Waals surface area contributed by atoms with Crippen molar-refractivity contribution in [2.45, 2.75) is 43.1 Å². The minimum Gasteiger partial charge on any atom is -0.353 e. The lowest BCUT2D eigenvalue weighted by atomic mass is 10.1. The fraction of sp³-hybridized carbons (Fsp3) is 0.300. The van der Waals surface area contributed by atoms with Gasteiger partial charge in [0.25, 0.3) is 0 Å². The van der Waals surface area contributed by atoms with Crippen LogP contribution in [0.1, 0.15) is 25.8 Å². The molecule has 0 unspecified atom stereocenters. The van der Waals surface area contributed by atoms with E-state index >= 15 is 0 Å². The lowest BCUT2D eigenvalue weighted by Gasteiger charge is -2.17. The van der Waals surface area contributed by atoms with Crippen molar-refractivity contribution in [3.8, 4) is 5.69 Å². The van der Waals surface area contributed by atoms with Gasteiger partial charge in [0.1, 0.15) is 5.82 Å². The zero-order valence-electron chi connectivity index (χ0n) is 15.7. The zero-order valence-corrected chi connectivity index (χ0v) is 16.6. The second-order valence-corrected chi connectivity index (χ2v) is 7.86. The number of nitrogens with zero attached hydrogens (tertiary/aromatic N) is 4. The largest absolute Gasteiger partial charge is 0.353 e. The molecular formula is C20H22FN5OS. The van der Waals surface area contributed by atoms with Crippen LogP contribution >= 0.6 is 11.8 Å². The monoisotopic (exact) mass is 399 g/mol. The van der Waals surface area contributed by atoms with Gasteiger partial charge in [-0.25, -0.2) is 4.39 Å². The number of hydrogen-bond acceptors (Lipinski definition) is 5. The molecule has 0 aliphatic heterocycles. The molecule has 0 fully saturated rings. The topological polar surface area (TPSA) is 72.7 Å². The van der Waals surface area contributed by atoms with Crippen molar-refractivity contribution in [2.75, 3.05) is 0 Å². The summed E-state index contributed by atoms with van der Waals surface area (Å²) >= 11 is 1.23. The first kappa shape index (κ1) is 20.0. The van der Waals surface area contributed by atoms with E-state index in [1.54, 1.807) is 19.1 Å². The highest BCUT2D eigenvalue weighted by Crippen LogP contribution is 2.23. The van der Waals surface area contributed by atoms with Gasteiger partial charge in [-0.3, -0.25) is 4.79 Å². The first-order chi connectivity index (χ1) is 13.5. The summed E-state index contributed by atoms with van der Waals surface area (Å²) in [5.41, 5.74) is 1.76. The molecule has 28 heavy (non-hydrogen) atoms. The Balaban J connectivity index is 1.55. The average Bonchev–Trinajstić information content (AvgIpc) is 3.15. The third kappa shape index (κ3) is 5.39. The maximum absolute atomic E-state index is 13.5. The average molecular weight is 399 g/mol. The number of carbonyl (C=O) groups is 1. The number of amides is 1. The Hall–Kier alpha value is -2.74. The Morgan fingerprint density at radius 2 is 1.96 bits per heavy atom. The van der Waals surface area contributed by atoms with Gasteiger partial charge in [0, 0.05) is 6.04 Å². The van der Waals surface area contributed by atoms with Crippen LogP contribution < -0.4 is 5.32 Å². The molecule has 2 aromatic carbocycles. The molecule has 1 aromatic heterocycles. The molecule has 2 atom stereocenters. The molecule has 0 aliphatic rings. The normalized spacial score (nSPS) is 13.1. The van der Waals surface area contributed by atoms with Gasteiger partial charge >= 0.3 is 0 Å². The predicted octanol–water partition coefficient (Wildman–Crippen LogP) is 3.42. The maximum atomic E-state index is 13.5. The summed E-state index contributed by atoms with van der Waals surface area (Å²) in [4.78, 5) is 12.5. The summed E-state index contributed by atoms with van der Waals surface area (Å²) in [5.74, 6) is -0.457. The first-order valence-corrected chi connectivity index (χ1v) is 9.96. The van der Waals surface area contributed by atoms with Gasteiger partial charge in [0.05, 0.1) is 10.9 Å². The summed E-state index contributed by atoms with van der Waals surface area (Å²) in [5, 5.41) is 14.6. The molecule has 0 saturated heterocycles. The van der Waals surface area contributed by atoms with Gasteiger partial charge in [-0.1, -0.05) is 48.2 Å². The number of nitrogens with one attached hydrogen (secondary N) is 1. The van der Waals surface area contributed by atoms with Crippen LogP contribution in [0.4, 0.5) is 4.39 Å². The number of rotatable bonds is 8. The van der Waals surface area contributed by atoms with Crippen LogP contribution in [0.15, 0.2) is 59.8 Å². The van der Waals surface area contributed by atoms with E-state index in [0.29, 0.717) is 10.8 Å². The van der Waals surface area contributed by atoms with E-state index in [9.17, 15) is 9.18 Å². The van der Waals surface area contributed by atoms with Crippen LogP contribution in [0.3, 0.4) is 0 Å². The molecule has 0 radical (unpaired) electrons. The van der Waals surface area contributed by atoms with Crippen LogP contribution in [-0.4, -0.2) is 37.4 Å². The summed E-state index contributed by atoms with van der Waals surface area (Å²) in [7, 11) is 0. The number of benzene rings is 2.